The summed E-state index contributed by atoms with van der Waals surface area (Å²) in [4.78, 5) is 26.4. The Bertz CT molecular complexity index is 3140. The molecule has 0 unspecified atom stereocenters. The first kappa shape index (κ1) is 54.3. The van der Waals surface area contributed by atoms with Crippen LogP contribution >= 0.6 is 0 Å². The SMILES string of the molecule is COc1ccc(C(Nc2nc3c(ncn3[C@@H]3O[C@@](CO[Si](c4ccccc4)(c4ccccc4)C(C)(C)C)(COS(=O)(=O)C(F)(F)F)[C@@H](O[Si](C)(C)C(C)(C)C)[C@@H]3F)c(=O)[nH]2)(c2ccccc2)c2ccccc2)cc1. The Kier molecular flexibility index (Phi) is 14.9. The molecule has 0 aliphatic carbocycles. The molecule has 0 amide bonds. The average Bonchev–Trinajstić information content (AvgIpc) is 3.91. The predicted molar refractivity (Wildman–Crippen MR) is 282 cm³/mol. The standard InChI is InChI=1S/C54H61F4N5O8SSi2/c1-50(2,3)73(8,9)71-45-43(55)48(70-52(45,34-68-72(65,66)54(56,57)58)35-69-74(51(4,5)6,41-26-18-12-19-27-41)42-28-20-13-21-29-42)63-36-59-44-46(63)60-49(61-47(44)64)62-53(37-22-14-10-15-23-37,38-24-16-11-17-25-38)39-30-32-40(67-7)33-31-39/h10-33,36,43,45,48H,34-35H2,1-9H3,(H2,60,61,62,64)/t43-,45-,48+,52+/m0/s1. The Labute approximate surface area is 430 Å². The minimum absolute atomic E-state index is 0.0730. The maximum atomic E-state index is 18.4. The Balaban J connectivity index is 1.33. The van der Waals surface area contributed by atoms with Gasteiger partial charge in [-0.1, -0.05) is 175 Å². The summed E-state index contributed by atoms with van der Waals surface area (Å²) >= 11 is 0. The summed E-state index contributed by atoms with van der Waals surface area (Å²) < 4.78 is 120. The lowest BCUT2D eigenvalue weighted by molar-refractivity contribution is -0.141. The van der Waals surface area contributed by atoms with Crippen LogP contribution in [0, 0.1) is 0 Å². The summed E-state index contributed by atoms with van der Waals surface area (Å²) in [5, 5.41) is 3.74. The van der Waals surface area contributed by atoms with Crippen LogP contribution in [0.3, 0.4) is 0 Å². The van der Waals surface area contributed by atoms with Crippen LogP contribution in [0.5, 0.6) is 5.75 Å². The quantitative estimate of drug-likeness (QED) is 0.0294. The van der Waals surface area contributed by atoms with Crippen molar-refractivity contribution in [1.29, 1.82) is 0 Å². The molecule has 1 fully saturated rings. The second-order valence-corrected chi connectivity index (χ2v) is 31.7. The van der Waals surface area contributed by atoms with E-state index in [-0.39, 0.29) is 17.1 Å². The van der Waals surface area contributed by atoms with E-state index < -0.39 is 90.8 Å². The highest BCUT2D eigenvalue weighted by Gasteiger charge is 2.63. The largest absolute Gasteiger partial charge is 0.523 e. The monoisotopic (exact) mass is 1070 g/mol. The third kappa shape index (κ3) is 10.00. The average molecular weight is 1070 g/mol. The first-order chi connectivity index (χ1) is 34.8. The number of anilines is 1. The number of fused-ring (bicyclic) bond motifs is 1. The molecule has 0 spiro atoms. The van der Waals surface area contributed by atoms with Crippen molar-refractivity contribution >= 4 is 54.2 Å². The molecule has 1 saturated heterocycles. The summed E-state index contributed by atoms with van der Waals surface area (Å²) in [6.45, 7) is 13.2. The van der Waals surface area contributed by atoms with Gasteiger partial charge >= 0.3 is 15.6 Å². The number of imidazole rings is 1. The van der Waals surface area contributed by atoms with E-state index in [0.29, 0.717) is 5.75 Å². The van der Waals surface area contributed by atoms with Crippen LogP contribution in [0.1, 0.15) is 64.5 Å². The number of H-pyrrole nitrogens is 1. The van der Waals surface area contributed by atoms with Crippen LogP contribution in [0.25, 0.3) is 11.2 Å². The van der Waals surface area contributed by atoms with Gasteiger partial charge in [0, 0.05) is 0 Å². The molecule has 0 radical (unpaired) electrons. The minimum atomic E-state index is -6.31. The minimum Gasteiger partial charge on any atom is -0.497 e. The van der Waals surface area contributed by atoms with Gasteiger partial charge in [0.1, 0.15) is 29.6 Å². The summed E-state index contributed by atoms with van der Waals surface area (Å²) in [6, 6.07) is 44.9. The molecule has 3 heterocycles. The normalized spacial score (nSPS) is 19.2. The number of halogens is 4. The van der Waals surface area contributed by atoms with Gasteiger partial charge in [-0.05, 0) is 62.4 Å². The smallest absolute Gasteiger partial charge is 0.497 e. The van der Waals surface area contributed by atoms with Crippen LogP contribution in [0.4, 0.5) is 23.5 Å². The fraction of sp³-hybridized carbons (Fsp3) is 0.352. The number of aromatic nitrogens is 4. The molecule has 13 nitrogen and oxygen atoms in total. The van der Waals surface area contributed by atoms with Gasteiger partial charge in [-0.15, -0.1) is 0 Å². The van der Waals surface area contributed by atoms with E-state index in [4.69, 9.17) is 27.5 Å². The molecule has 5 aromatic carbocycles. The van der Waals surface area contributed by atoms with Crippen molar-refractivity contribution in [3.05, 3.63) is 179 Å². The van der Waals surface area contributed by atoms with Crippen molar-refractivity contribution in [3.8, 4) is 5.75 Å². The Morgan fingerprint density at radius 3 is 1.72 bits per heavy atom. The molecule has 2 aromatic heterocycles. The van der Waals surface area contributed by atoms with Crippen LogP contribution < -0.4 is 26.0 Å². The molecular formula is C54H61F4N5O8SSi2. The number of ether oxygens (including phenoxy) is 2. The molecule has 8 rings (SSSR count). The van der Waals surface area contributed by atoms with E-state index >= 15 is 4.39 Å². The van der Waals surface area contributed by atoms with Crippen molar-refractivity contribution in [2.24, 2.45) is 0 Å². The van der Waals surface area contributed by atoms with Gasteiger partial charge in [-0.3, -0.25) is 18.5 Å². The number of methoxy groups -OCH3 is 1. The number of benzene rings is 5. The van der Waals surface area contributed by atoms with Crippen molar-refractivity contribution in [2.45, 2.75) is 99.9 Å². The molecule has 0 bridgehead atoms. The number of nitrogens with zero attached hydrogens (tertiary/aromatic N) is 3. The van der Waals surface area contributed by atoms with Gasteiger partial charge in [0.15, 0.2) is 31.9 Å². The molecule has 2 N–H and O–H groups in total. The Morgan fingerprint density at radius 2 is 1.24 bits per heavy atom. The topological polar surface area (TPSA) is 156 Å². The molecule has 4 atom stereocenters. The maximum absolute atomic E-state index is 18.4. The predicted octanol–water partition coefficient (Wildman–Crippen LogP) is 9.97. The van der Waals surface area contributed by atoms with E-state index in [1.165, 1.54) is 4.57 Å². The van der Waals surface area contributed by atoms with Gasteiger partial charge in [-0.25, -0.2) is 9.37 Å². The third-order valence-electron chi connectivity index (χ3n) is 14.3. The summed E-state index contributed by atoms with van der Waals surface area (Å²) in [6.07, 6.45) is -4.82. The van der Waals surface area contributed by atoms with Crippen molar-refractivity contribution < 1.29 is 48.5 Å². The number of rotatable bonds is 17. The first-order valence-corrected chi connectivity index (χ1v) is 30.2. The van der Waals surface area contributed by atoms with Gasteiger partial charge in [0.05, 0.1) is 20.0 Å². The number of hydrogen-bond donors (Lipinski definition) is 2. The van der Waals surface area contributed by atoms with Gasteiger partial charge in [0.2, 0.25) is 5.95 Å². The zero-order chi connectivity index (χ0) is 53.5. The van der Waals surface area contributed by atoms with Crippen LogP contribution in [0.2, 0.25) is 23.2 Å². The molecule has 74 heavy (non-hydrogen) atoms. The van der Waals surface area contributed by atoms with Crippen LogP contribution in [-0.2, 0) is 33.4 Å². The summed E-state index contributed by atoms with van der Waals surface area (Å²) in [5.74, 6) is 0.527. The molecule has 1 aliphatic rings. The van der Waals surface area contributed by atoms with E-state index in [9.17, 15) is 26.4 Å². The first-order valence-electron chi connectivity index (χ1n) is 24.0. The zero-order valence-corrected chi connectivity index (χ0v) is 45.4. The molecule has 0 saturated carbocycles. The van der Waals surface area contributed by atoms with Crippen molar-refractivity contribution in [1.82, 2.24) is 19.5 Å². The molecule has 20 heteroatoms. The lowest BCUT2D eigenvalue weighted by atomic mass is 9.77. The number of alkyl halides is 4. The Hall–Kier alpha value is -6.01. The highest BCUT2D eigenvalue weighted by atomic mass is 32.2. The van der Waals surface area contributed by atoms with Crippen molar-refractivity contribution in [3.63, 3.8) is 0 Å². The fourth-order valence-electron chi connectivity index (χ4n) is 9.48. The molecule has 1 aliphatic heterocycles. The second kappa shape index (κ2) is 20.3. The van der Waals surface area contributed by atoms with E-state index in [2.05, 4.69) is 15.3 Å². The maximum Gasteiger partial charge on any atom is 0.523 e. The second-order valence-electron chi connectivity index (χ2n) is 21.0. The molecular weight excluding hydrogens is 1010 g/mol. The van der Waals surface area contributed by atoms with Gasteiger partial charge in [0.25, 0.3) is 13.9 Å². The molecule has 7 aromatic rings. The number of hydrogen-bond acceptors (Lipinski definition) is 11. The Morgan fingerprint density at radius 1 is 0.743 bits per heavy atom. The summed E-state index contributed by atoms with van der Waals surface area (Å²) in [5.41, 5.74) is -8.41. The highest BCUT2D eigenvalue weighted by molar-refractivity contribution is 7.87. The lowest BCUT2D eigenvalue weighted by Gasteiger charge is -2.47. The number of nitrogens with one attached hydrogen (secondary N) is 2. The van der Waals surface area contributed by atoms with Crippen LogP contribution in [-0.4, -0.2) is 88.3 Å². The van der Waals surface area contributed by atoms with Crippen LogP contribution in [0.15, 0.2) is 157 Å². The lowest BCUT2D eigenvalue weighted by Crippen LogP contribution is -2.69. The number of aromatic amines is 1. The zero-order valence-electron chi connectivity index (χ0n) is 42.6. The van der Waals surface area contributed by atoms with E-state index in [1.807, 2.05) is 188 Å². The van der Waals surface area contributed by atoms with Gasteiger partial charge < -0.3 is 23.6 Å². The third-order valence-corrected chi connectivity index (χ3v) is 24.7. The highest BCUT2D eigenvalue weighted by Crippen LogP contribution is 2.49. The van der Waals surface area contributed by atoms with E-state index in [1.54, 1.807) is 19.2 Å². The van der Waals surface area contributed by atoms with Gasteiger partial charge in [-0.2, -0.15) is 26.6 Å². The molecule has 392 valence electrons. The van der Waals surface area contributed by atoms with E-state index in [0.717, 1.165) is 33.4 Å². The van der Waals surface area contributed by atoms with Crippen molar-refractivity contribution in [2.75, 3.05) is 25.6 Å². The fourth-order valence-corrected chi connectivity index (χ4v) is 15.9. The summed E-state index contributed by atoms with van der Waals surface area (Å²) in [7, 11) is -11.6.